The maximum Gasteiger partial charge on any atom is 0.346 e. The van der Waals surface area contributed by atoms with Crippen LogP contribution in [0.3, 0.4) is 0 Å². The van der Waals surface area contributed by atoms with E-state index in [2.05, 4.69) is 6.58 Å². The van der Waals surface area contributed by atoms with Gasteiger partial charge in [0.25, 0.3) is 0 Å². The monoisotopic (exact) mass is 820 g/mol. The number of aliphatic hydroxyl groups excluding tert-OH is 1. The number of fused-ring (bicyclic) bond motifs is 2. The molecule has 0 saturated carbocycles. The molecular weight excluding hydrogens is 753 g/mol. The average Bonchev–Trinajstić information content (AvgIpc) is 3.23. The molecule has 2 aliphatic heterocycles. The summed E-state index contributed by atoms with van der Waals surface area (Å²) < 4.78 is 43.2. The lowest BCUT2D eigenvalue weighted by Gasteiger charge is -2.51. The summed E-state index contributed by atoms with van der Waals surface area (Å²) in [7, 11) is -2.97. The fourth-order valence-electron chi connectivity index (χ4n) is 6.83. The molecule has 3 rings (SSSR count). The number of rotatable bonds is 13. The first-order chi connectivity index (χ1) is 25.6. The van der Waals surface area contributed by atoms with Crippen LogP contribution < -0.4 is 0 Å². The molecule has 322 valence electrons. The van der Waals surface area contributed by atoms with Crippen LogP contribution in [-0.2, 0) is 58.4 Å². The summed E-state index contributed by atoms with van der Waals surface area (Å²) in [5.74, 6) is -7.09. The van der Waals surface area contributed by atoms with E-state index < -0.39 is 95.4 Å². The smallest absolute Gasteiger partial charge is 0.346 e. The molecule has 0 radical (unpaired) electrons. The molecule has 2 saturated heterocycles. The van der Waals surface area contributed by atoms with Crippen molar-refractivity contribution in [2.24, 2.45) is 5.92 Å². The molecule has 13 nitrogen and oxygen atoms in total. The number of ether oxygens (including phenoxy) is 6. The maximum absolute atomic E-state index is 14.8. The van der Waals surface area contributed by atoms with Crippen molar-refractivity contribution in [1.29, 1.82) is 0 Å². The molecule has 0 amide bonds. The van der Waals surface area contributed by atoms with Gasteiger partial charge in [-0.15, -0.1) is 0 Å². The zero-order valence-corrected chi connectivity index (χ0v) is 38.0. The van der Waals surface area contributed by atoms with Crippen LogP contribution in [0.4, 0.5) is 0 Å². The van der Waals surface area contributed by atoms with Gasteiger partial charge in [0.05, 0.1) is 0 Å². The fraction of sp³-hybridized carbons (Fsp3) is 0.721. The van der Waals surface area contributed by atoms with Gasteiger partial charge in [0.1, 0.15) is 35.1 Å². The summed E-state index contributed by atoms with van der Waals surface area (Å²) in [6, 6.07) is 9.67. The second-order valence-corrected chi connectivity index (χ2v) is 24.8. The minimum absolute atomic E-state index is 0.0164. The molecule has 1 aromatic carbocycles. The van der Waals surface area contributed by atoms with Gasteiger partial charge in [0, 0.05) is 19.3 Å². The molecule has 8 atom stereocenters. The SMILES string of the molecule is C=C(CC[C@]12O[C@H](C(=O)OC(C)(C)C)[C@@](O)(C(=O)OC(C)(C)C)[C@](C(=O)OC(C)(C)C)(O1)[C@H](O)[C@H]2O[Si](C)(C)C(C)(C)C)[C@@H](OC(C)=O)[C@H](C)Cc1ccccc1. The van der Waals surface area contributed by atoms with Gasteiger partial charge in [-0.1, -0.05) is 64.6 Å². The lowest BCUT2D eigenvalue weighted by atomic mass is 9.74. The van der Waals surface area contributed by atoms with Crippen LogP contribution >= 0.6 is 0 Å². The Balaban J connectivity index is 2.36. The molecule has 0 aliphatic carbocycles. The summed E-state index contributed by atoms with van der Waals surface area (Å²) in [4.78, 5) is 56.2. The normalized spacial score (nSPS) is 27.9. The topological polar surface area (TPSA) is 173 Å². The second kappa shape index (κ2) is 16.5. The van der Waals surface area contributed by atoms with Gasteiger partial charge >= 0.3 is 23.9 Å². The van der Waals surface area contributed by atoms with Gasteiger partial charge < -0.3 is 43.1 Å². The molecule has 1 aromatic rings. The van der Waals surface area contributed by atoms with Crippen molar-refractivity contribution in [2.75, 3.05) is 0 Å². The van der Waals surface area contributed by atoms with E-state index in [4.69, 9.17) is 32.8 Å². The van der Waals surface area contributed by atoms with Gasteiger partial charge in [-0.2, -0.15) is 0 Å². The number of benzene rings is 1. The van der Waals surface area contributed by atoms with Crippen molar-refractivity contribution >= 4 is 32.2 Å². The quantitative estimate of drug-likeness (QED) is 0.0956. The highest BCUT2D eigenvalue weighted by Crippen LogP contribution is 2.58. The third kappa shape index (κ3) is 10.5. The highest BCUT2D eigenvalue weighted by Gasteiger charge is 2.86. The molecule has 2 bridgehead atoms. The number of carbonyl (C=O) groups excluding carboxylic acids is 4. The minimum atomic E-state index is -3.39. The zero-order chi connectivity index (χ0) is 44.0. The van der Waals surface area contributed by atoms with Crippen LogP contribution in [0, 0.1) is 5.92 Å². The van der Waals surface area contributed by atoms with Gasteiger partial charge in [0.15, 0.2) is 14.1 Å². The van der Waals surface area contributed by atoms with Crippen LogP contribution in [0.5, 0.6) is 0 Å². The van der Waals surface area contributed by atoms with Crippen molar-refractivity contribution in [2.45, 2.75) is 193 Å². The number of hydrogen-bond acceptors (Lipinski definition) is 13. The van der Waals surface area contributed by atoms with Crippen molar-refractivity contribution < 1.29 is 62.2 Å². The Bertz CT molecular complexity index is 1650. The third-order valence-electron chi connectivity index (χ3n) is 10.4. The third-order valence-corrected chi connectivity index (χ3v) is 14.9. The van der Waals surface area contributed by atoms with E-state index in [0.29, 0.717) is 12.0 Å². The summed E-state index contributed by atoms with van der Waals surface area (Å²) in [6.45, 7) is 31.3. The van der Waals surface area contributed by atoms with E-state index in [9.17, 15) is 29.4 Å². The van der Waals surface area contributed by atoms with E-state index in [0.717, 1.165) is 5.56 Å². The number of aliphatic hydroxyl groups is 2. The van der Waals surface area contributed by atoms with Crippen LogP contribution in [0.15, 0.2) is 42.5 Å². The van der Waals surface area contributed by atoms with E-state index in [1.165, 1.54) is 27.7 Å². The summed E-state index contributed by atoms with van der Waals surface area (Å²) >= 11 is 0. The standard InChI is InChI=1S/C43H68O13Si/c1-26(30(50-28(3)44)27(2)25-29-21-19-18-20-22-29)23-24-41-32(55-57(16,17)40(13,14)15)31(45)43(56-41,36(48)54-39(10,11)12)42(49,35(47)53-38(7,8)9)33(51-41)34(46)52-37(4,5)6/h18-22,27,30-33,45,49H,1,23-25H2,2-17H3/t27-,30-,31-,32-,33-,41+,42-,43+/m1/s1. The van der Waals surface area contributed by atoms with Crippen molar-refractivity contribution in [3.63, 3.8) is 0 Å². The predicted octanol–water partition coefficient (Wildman–Crippen LogP) is 6.50. The van der Waals surface area contributed by atoms with Gasteiger partial charge in [-0.3, -0.25) is 4.79 Å². The fourth-order valence-corrected chi connectivity index (χ4v) is 8.13. The maximum atomic E-state index is 14.8. The summed E-state index contributed by atoms with van der Waals surface area (Å²) in [6.07, 6.45) is -6.63. The van der Waals surface area contributed by atoms with E-state index in [1.807, 2.05) is 71.1 Å². The van der Waals surface area contributed by atoms with E-state index in [1.54, 1.807) is 41.5 Å². The van der Waals surface area contributed by atoms with Crippen molar-refractivity contribution in [3.8, 4) is 0 Å². The Labute approximate surface area is 340 Å². The molecule has 2 fully saturated rings. The largest absolute Gasteiger partial charge is 0.458 e. The first-order valence-corrected chi connectivity index (χ1v) is 22.6. The first-order valence-electron chi connectivity index (χ1n) is 19.7. The van der Waals surface area contributed by atoms with E-state index >= 15 is 0 Å². The average molecular weight is 821 g/mol. The Morgan fingerprint density at radius 1 is 0.860 bits per heavy atom. The van der Waals surface area contributed by atoms with Crippen LogP contribution in [-0.4, -0.2) is 101 Å². The van der Waals surface area contributed by atoms with E-state index in [-0.39, 0.29) is 18.8 Å². The van der Waals surface area contributed by atoms with Crippen molar-refractivity contribution in [3.05, 3.63) is 48.0 Å². The minimum Gasteiger partial charge on any atom is -0.458 e. The highest BCUT2D eigenvalue weighted by molar-refractivity contribution is 6.74. The molecule has 0 spiro atoms. The molecule has 2 aliphatic rings. The van der Waals surface area contributed by atoms with Crippen molar-refractivity contribution in [1.82, 2.24) is 0 Å². The molecular formula is C43H68O13Si. The summed E-state index contributed by atoms with van der Waals surface area (Å²) in [5, 5.41) is 25.2. The highest BCUT2D eigenvalue weighted by atomic mass is 28.4. The van der Waals surface area contributed by atoms with Gasteiger partial charge in [-0.05, 0) is 104 Å². The Morgan fingerprint density at radius 3 is 1.84 bits per heavy atom. The Hall–Kier alpha value is -3.14. The number of carbonyl (C=O) groups is 4. The van der Waals surface area contributed by atoms with Crippen LogP contribution in [0.1, 0.15) is 115 Å². The first kappa shape index (κ1) is 48.2. The Kier molecular flexibility index (Phi) is 13.9. The number of esters is 4. The van der Waals surface area contributed by atoms with Gasteiger partial charge in [-0.25, -0.2) is 14.4 Å². The van der Waals surface area contributed by atoms with Gasteiger partial charge in [0.2, 0.25) is 17.3 Å². The molecule has 2 heterocycles. The summed E-state index contributed by atoms with van der Waals surface area (Å²) in [5.41, 5.74) is -8.69. The predicted molar refractivity (Wildman–Crippen MR) is 215 cm³/mol. The van der Waals surface area contributed by atoms with Crippen LogP contribution in [0.2, 0.25) is 18.1 Å². The molecule has 2 N–H and O–H groups in total. The lowest BCUT2D eigenvalue weighted by molar-refractivity contribution is -0.377. The molecule has 14 heteroatoms. The molecule has 0 aromatic heterocycles. The second-order valence-electron chi connectivity index (χ2n) is 20.0. The molecule has 0 unspecified atom stereocenters. The lowest BCUT2D eigenvalue weighted by Crippen LogP contribution is -2.79. The number of hydrogen-bond donors (Lipinski definition) is 2. The zero-order valence-electron chi connectivity index (χ0n) is 37.0. The Morgan fingerprint density at radius 2 is 1.37 bits per heavy atom. The molecule has 57 heavy (non-hydrogen) atoms. The van der Waals surface area contributed by atoms with Crippen LogP contribution in [0.25, 0.3) is 0 Å².